The van der Waals surface area contributed by atoms with E-state index in [1.54, 1.807) is 0 Å². The largest absolute Gasteiger partial charge is 0.462 e. The third-order valence-corrected chi connectivity index (χ3v) is 10.4. The predicted octanol–water partition coefficient (Wildman–Crippen LogP) is 15.7. The Bertz CT molecular complexity index is 1070. The minimum atomic E-state index is -0.805. The molecule has 0 fully saturated rings. The number of carbonyl (C=O) groups is 3. The van der Waals surface area contributed by atoms with Crippen LogP contribution >= 0.6 is 0 Å². The highest BCUT2D eigenvalue weighted by molar-refractivity contribution is 5.71. The van der Waals surface area contributed by atoms with Crippen molar-refractivity contribution in [3.8, 4) is 0 Å². The molecule has 1 atom stereocenters. The summed E-state index contributed by atoms with van der Waals surface area (Å²) in [6, 6.07) is 0. The van der Waals surface area contributed by atoms with Crippen LogP contribution in [0.5, 0.6) is 0 Å². The Kier molecular flexibility index (Phi) is 44.5. The van der Waals surface area contributed by atoms with Crippen molar-refractivity contribution in [2.45, 2.75) is 239 Å². The second-order valence-electron chi connectivity index (χ2n) is 16.1. The minimum Gasteiger partial charge on any atom is -0.462 e. The zero-order chi connectivity index (χ0) is 42.3. The number of ether oxygens (including phenoxy) is 3. The number of rotatable bonds is 43. The first-order valence-electron chi connectivity index (χ1n) is 24.4. The molecule has 0 aromatic rings. The molecule has 0 saturated heterocycles. The van der Waals surface area contributed by atoms with Gasteiger partial charge in [-0.2, -0.15) is 0 Å². The SMILES string of the molecule is CC/C=C/C=C/C=C/C=C/C=C/CCCC(=O)OC(COC(=O)CCCCCCCCCCCCCCC)COC(=O)CCCCCCCCCCCCCCCC. The number of allylic oxidation sites excluding steroid dienone is 10. The van der Waals surface area contributed by atoms with Gasteiger partial charge in [0.1, 0.15) is 13.2 Å². The van der Waals surface area contributed by atoms with Gasteiger partial charge in [0.05, 0.1) is 0 Å². The van der Waals surface area contributed by atoms with Gasteiger partial charge in [-0.25, -0.2) is 0 Å². The van der Waals surface area contributed by atoms with Crippen LogP contribution in [0.1, 0.15) is 233 Å². The molecule has 0 N–H and O–H groups in total. The van der Waals surface area contributed by atoms with Gasteiger partial charge in [0.15, 0.2) is 6.10 Å². The number of unbranched alkanes of at least 4 members (excludes halogenated alkanes) is 26. The van der Waals surface area contributed by atoms with E-state index in [2.05, 4.69) is 26.8 Å². The third kappa shape index (κ3) is 44.2. The van der Waals surface area contributed by atoms with E-state index >= 15 is 0 Å². The maximum atomic E-state index is 12.7. The summed E-state index contributed by atoms with van der Waals surface area (Å²) in [5.74, 6) is -0.970. The summed E-state index contributed by atoms with van der Waals surface area (Å²) in [6.45, 7) is 6.43. The van der Waals surface area contributed by atoms with Crippen LogP contribution in [-0.4, -0.2) is 37.2 Å². The van der Waals surface area contributed by atoms with Gasteiger partial charge in [0.2, 0.25) is 0 Å². The molecule has 0 rings (SSSR count). The molecule has 6 heteroatoms. The molecule has 0 aliphatic carbocycles. The Labute approximate surface area is 358 Å². The molecule has 0 aliphatic heterocycles. The van der Waals surface area contributed by atoms with Crippen LogP contribution in [0.3, 0.4) is 0 Å². The zero-order valence-electron chi connectivity index (χ0n) is 38.0. The first-order valence-corrected chi connectivity index (χ1v) is 24.4. The quantitative estimate of drug-likeness (QED) is 0.0264. The Morgan fingerprint density at radius 2 is 0.672 bits per heavy atom. The maximum Gasteiger partial charge on any atom is 0.306 e. The van der Waals surface area contributed by atoms with Gasteiger partial charge in [0.25, 0.3) is 0 Å². The summed E-state index contributed by atoms with van der Waals surface area (Å²) < 4.78 is 16.7. The molecule has 0 aromatic heterocycles. The van der Waals surface area contributed by atoms with E-state index in [0.29, 0.717) is 19.3 Å². The van der Waals surface area contributed by atoms with Gasteiger partial charge < -0.3 is 14.2 Å². The fourth-order valence-corrected chi connectivity index (χ4v) is 6.77. The van der Waals surface area contributed by atoms with E-state index in [9.17, 15) is 14.4 Å². The molecule has 0 radical (unpaired) electrons. The molecule has 0 spiro atoms. The highest BCUT2D eigenvalue weighted by Crippen LogP contribution is 2.15. The number of carbonyl (C=O) groups excluding carboxylic acids is 3. The number of esters is 3. The fourth-order valence-electron chi connectivity index (χ4n) is 6.77. The first kappa shape index (κ1) is 55.1. The van der Waals surface area contributed by atoms with Crippen molar-refractivity contribution in [2.75, 3.05) is 13.2 Å². The average molecular weight is 811 g/mol. The molecule has 58 heavy (non-hydrogen) atoms. The van der Waals surface area contributed by atoms with Crippen LogP contribution in [-0.2, 0) is 28.6 Å². The molecule has 0 bridgehead atoms. The van der Waals surface area contributed by atoms with Crippen LogP contribution in [0.25, 0.3) is 0 Å². The van der Waals surface area contributed by atoms with Gasteiger partial charge in [0, 0.05) is 19.3 Å². The summed E-state index contributed by atoms with van der Waals surface area (Å²) >= 11 is 0. The average Bonchev–Trinajstić information content (AvgIpc) is 3.22. The lowest BCUT2D eigenvalue weighted by Gasteiger charge is -2.18. The Morgan fingerprint density at radius 1 is 0.362 bits per heavy atom. The highest BCUT2D eigenvalue weighted by atomic mass is 16.6. The van der Waals surface area contributed by atoms with Crippen LogP contribution in [0.4, 0.5) is 0 Å². The monoisotopic (exact) mass is 811 g/mol. The molecule has 0 aromatic carbocycles. The lowest BCUT2D eigenvalue weighted by Crippen LogP contribution is -2.30. The first-order chi connectivity index (χ1) is 28.5. The van der Waals surface area contributed by atoms with Gasteiger partial charge in [-0.05, 0) is 32.1 Å². The van der Waals surface area contributed by atoms with E-state index in [1.165, 1.54) is 135 Å². The zero-order valence-corrected chi connectivity index (χ0v) is 38.0. The van der Waals surface area contributed by atoms with Crippen molar-refractivity contribution >= 4 is 17.9 Å². The van der Waals surface area contributed by atoms with Gasteiger partial charge in [-0.3, -0.25) is 14.4 Å². The van der Waals surface area contributed by atoms with Crippen molar-refractivity contribution < 1.29 is 28.6 Å². The molecule has 334 valence electrons. The molecule has 0 aliphatic rings. The van der Waals surface area contributed by atoms with Crippen LogP contribution < -0.4 is 0 Å². The van der Waals surface area contributed by atoms with Crippen molar-refractivity contribution in [1.29, 1.82) is 0 Å². The van der Waals surface area contributed by atoms with Crippen molar-refractivity contribution in [3.05, 3.63) is 60.8 Å². The van der Waals surface area contributed by atoms with E-state index in [0.717, 1.165) is 51.4 Å². The molecular weight excluding hydrogens is 721 g/mol. The Balaban J connectivity index is 4.46. The van der Waals surface area contributed by atoms with Gasteiger partial charge >= 0.3 is 17.9 Å². The second-order valence-corrected chi connectivity index (χ2v) is 16.1. The summed E-state index contributed by atoms with van der Waals surface area (Å²) in [6.07, 6.45) is 56.4. The fraction of sp³-hybridized carbons (Fsp3) is 0.750. The van der Waals surface area contributed by atoms with Gasteiger partial charge in [-0.1, -0.05) is 242 Å². The van der Waals surface area contributed by atoms with E-state index in [-0.39, 0.29) is 37.5 Å². The summed E-state index contributed by atoms with van der Waals surface area (Å²) in [4.78, 5) is 37.8. The smallest absolute Gasteiger partial charge is 0.306 e. The van der Waals surface area contributed by atoms with Gasteiger partial charge in [-0.15, -0.1) is 0 Å². The molecular formula is C52H90O6. The predicted molar refractivity (Wildman–Crippen MR) is 247 cm³/mol. The lowest BCUT2D eigenvalue weighted by molar-refractivity contribution is -0.167. The number of hydrogen-bond acceptors (Lipinski definition) is 6. The second kappa shape index (κ2) is 46.8. The van der Waals surface area contributed by atoms with Crippen LogP contribution in [0.2, 0.25) is 0 Å². The van der Waals surface area contributed by atoms with Crippen molar-refractivity contribution in [1.82, 2.24) is 0 Å². The summed E-state index contributed by atoms with van der Waals surface area (Å²) in [5.41, 5.74) is 0. The Hall–Kier alpha value is -2.89. The molecule has 0 saturated carbocycles. The lowest BCUT2D eigenvalue weighted by atomic mass is 10.0. The number of hydrogen-bond donors (Lipinski definition) is 0. The minimum absolute atomic E-state index is 0.0997. The highest BCUT2D eigenvalue weighted by Gasteiger charge is 2.19. The molecule has 1 unspecified atom stereocenters. The van der Waals surface area contributed by atoms with Crippen LogP contribution in [0.15, 0.2) is 60.8 Å². The maximum absolute atomic E-state index is 12.7. The summed E-state index contributed by atoms with van der Waals surface area (Å²) in [7, 11) is 0. The Morgan fingerprint density at radius 3 is 1.03 bits per heavy atom. The molecule has 0 amide bonds. The molecule has 6 nitrogen and oxygen atoms in total. The molecule has 0 heterocycles. The van der Waals surface area contributed by atoms with Crippen LogP contribution in [0, 0.1) is 0 Å². The topological polar surface area (TPSA) is 78.9 Å². The van der Waals surface area contributed by atoms with Crippen molar-refractivity contribution in [3.63, 3.8) is 0 Å². The summed E-state index contributed by atoms with van der Waals surface area (Å²) in [5, 5.41) is 0. The third-order valence-electron chi connectivity index (χ3n) is 10.4. The van der Waals surface area contributed by atoms with E-state index in [1.807, 2.05) is 54.7 Å². The van der Waals surface area contributed by atoms with E-state index in [4.69, 9.17) is 14.2 Å². The standard InChI is InChI=1S/C52H90O6/c1-4-7-10-13-16-19-22-25-28-30-33-36-39-42-45-51(54)57-48-49(58-52(55)46-43-40-37-34-31-27-24-21-18-15-12-9-6-3)47-56-50(53)44-41-38-35-32-29-26-23-20-17-14-11-8-5-2/h9,12,15,18,21,24,27,31,34,37,49H,4-8,10-11,13-14,16-17,19-20,22-23,25-26,28-30,32-33,35-36,38-48H2,1-3H3/b12-9+,18-15+,24-21+,31-27+,37-34+. The van der Waals surface area contributed by atoms with E-state index < -0.39 is 6.10 Å². The van der Waals surface area contributed by atoms with Crippen molar-refractivity contribution in [2.24, 2.45) is 0 Å². The normalized spacial score (nSPS) is 12.5.